The quantitative estimate of drug-likeness (QED) is 0.285. The van der Waals surface area contributed by atoms with Gasteiger partial charge in [-0.2, -0.15) is 0 Å². The molecule has 0 spiro atoms. The molecule has 2 bridgehead atoms. The third-order valence-corrected chi connectivity index (χ3v) is 5.03. The molecule has 0 unspecified atom stereocenters. The zero-order valence-electron chi connectivity index (χ0n) is 16.4. The lowest BCUT2D eigenvalue weighted by molar-refractivity contribution is -0.254. The first-order valence-electron chi connectivity index (χ1n) is 9.92. The fourth-order valence-corrected chi connectivity index (χ4v) is 4.12. The molecule has 0 aromatic heterocycles. The van der Waals surface area contributed by atoms with Gasteiger partial charge in [0.25, 0.3) is 0 Å². The zero-order valence-corrected chi connectivity index (χ0v) is 16.4. The second-order valence-corrected chi connectivity index (χ2v) is 7.53. The molecule has 3 rings (SSSR count). The lowest BCUT2D eigenvalue weighted by Gasteiger charge is -2.70. The molecule has 8 heteroatoms. The minimum atomic E-state index is 0.0487. The SMILES string of the molecule is OCCOCCOCCOCC12CC(COCCOCCOCCO)(C1)C2. The van der Waals surface area contributed by atoms with Crippen LogP contribution < -0.4 is 0 Å². The number of aliphatic hydroxyl groups excluding tert-OH is 2. The highest BCUT2D eigenvalue weighted by atomic mass is 16.6. The standard InChI is InChI=1S/C19H36O8/c20-1-3-22-5-7-24-9-11-26-16-18-13-19(14-18,15-18)17-27-12-10-25-8-6-23-4-2-21/h20-21H,1-17H2. The first-order chi connectivity index (χ1) is 13.2. The topological polar surface area (TPSA) is 95.8 Å². The summed E-state index contributed by atoms with van der Waals surface area (Å²) >= 11 is 0. The summed E-state index contributed by atoms with van der Waals surface area (Å²) < 4.78 is 32.6. The van der Waals surface area contributed by atoms with Crippen LogP contribution in [0.5, 0.6) is 0 Å². The van der Waals surface area contributed by atoms with Gasteiger partial charge in [0.2, 0.25) is 0 Å². The van der Waals surface area contributed by atoms with E-state index in [1.807, 2.05) is 0 Å². The van der Waals surface area contributed by atoms with E-state index in [9.17, 15) is 0 Å². The van der Waals surface area contributed by atoms with E-state index in [0.29, 0.717) is 76.9 Å². The maximum Gasteiger partial charge on any atom is 0.0701 e. The summed E-state index contributed by atoms with van der Waals surface area (Å²) in [4.78, 5) is 0. The molecule has 0 heterocycles. The monoisotopic (exact) mass is 392 g/mol. The molecule has 3 aliphatic rings. The summed E-state index contributed by atoms with van der Waals surface area (Å²) in [5.41, 5.74) is 0.766. The summed E-state index contributed by atoms with van der Waals surface area (Å²) in [6.07, 6.45) is 3.60. The summed E-state index contributed by atoms with van der Waals surface area (Å²) in [5, 5.41) is 17.1. The van der Waals surface area contributed by atoms with Crippen molar-refractivity contribution in [2.45, 2.75) is 19.3 Å². The van der Waals surface area contributed by atoms with E-state index in [2.05, 4.69) is 0 Å². The first kappa shape index (κ1) is 23.0. The second-order valence-electron chi connectivity index (χ2n) is 7.53. The Morgan fingerprint density at radius 3 is 1.07 bits per heavy atom. The Bertz CT molecular complexity index is 327. The van der Waals surface area contributed by atoms with Crippen molar-refractivity contribution in [3.63, 3.8) is 0 Å². The predicted octanol–water partition coefficient (Wildman–Crippen LogP) is 0.241. The van der Waals surface area contributed by atoms with Crippen molar-refractivity contribution < 1.29 is 38.6 Å². The lowest BCUT2D eigenvalue weighted by Crippen LogP contribution is -2.65. The second kappa shape index (κ2) is 13.0. The Kier molecular flexibility index (Phi) is 11.1. The van der Waals surface area contributed by atoms with E-state index in [1.165, 1.54) is 19.3 Å². The minimum Gasteiger partial charge on any atom is -0.394 e. The molecule has 0 amide bonds. The fourth-order valence-electron chi connectivity index (χ4n) is 4.12. The van der Waals surface area contributed by atoms with Gasteiger partial charge in [0.1, 0.15) is 0 Å². The molecule has 0 aromatic rings. The van der Waals surface area contributed by atoms with Gasteiger partial charge in [0.15, 0.2) is 0 Å². The van der Waals surface area contributed by atoms with Gasteiger partial charge in [0.05, 0.1) is 92.5 Å². The largest absolute Gasteiger partial charge is 0.394 e. The average Bonchev–Trinajstić information content (AvgIpc) is 2.61. The number of hydrogen-bond acceptors (Lipinski definition) is 8. The van der Waals surface area contributed by atoms with Gasteiger partial charge in [0, 0.05) is 0 Å². The third-order valence-electron chi connectivity index (χ3n) is 5.03. The molecule has 0 aliphatic heterocycles. The molecule has 0 radical (unpaired) electrons. The van der Waals surface area contributed by atoms with Crippen molar-refractivity contribution in [2.75, 3.05) is 92.5 Å². The van der Waals surface area contributed by atoms with Gasteiger partial charge in [-0.25, -0.2) is 0 Å². The van der Waals surface area contributed by atoms with Crippen LogP contribution in [-0.2, 0) is 28.4 Å². The van der Waals surface area contributed by atoms with Crippen molar-refractivity contribution in [3.05, 3.63) is 0 Å². The molecular formula is C19H36O8. The summed E-state index contributed by atoms with van der Waals surface area (Å²) in [7, 11) is 0. The van der Waals surface area contributed by atoms with E-state index >= 15 is 0 Å². The summed E-state index contributed by atoms with van der Waals surface area (Å²) in [6, 6.07) is 0. The molecule has 2 N–H and O–H groups in total. The molecule has 0 atom stereocenters. The van der Waals surface area contributed by atoms with E-state index in [1.54, 1.807) is 0 Å². The molecule has 3 aliphatic carbocycles. The Balaban J connectivity index is 1.32. The normalized spacial score (nSPS) is 26.0. The van der Waals surface area contributed by atoms with Crippen LogP contribution >= 0.6 is 0 Å². The molecule has 3 saturated carbocycles. The minimum absolute atomic E-state index is 0.0487. The molecular weight excluding hydrogens is 356 g/mol. The van der Waals surface area contributed by atoms with Crippen LogP contribution in [-0.4, -0.2) is 103 Å². The Morgan fingerprint density at radius 1 is 0.444 bits per heavy atom. The smallest absolute Gasteiger partial charge is 0.0701 e. The lowest BCUT2D eigenvalue weighted by atomic mass is 9.35. The predicted molar refractivity (Wildman–Crippen MR) is 97.8 cm³/mol. The molecule has 8 nitrogen and oxygen atoms in total. The van der Waals surface area contributed by atoms with E-state index in [4.69, 9.17) is 38.6 Å². The Hall–Kier alpha value is -0.320. The van der Waals surface area contributed by atoms with Crippen molar-refractivity contribution in [1.29, 1.82) is 0 Å². The maximum absolute atomic E-state index is 8.57. The Morgan fingerprint density at radius 2 is 0.741 bits per heavy atom. The molecule has 3 fully saturated rings. The highest BCUT2D eigenvalue weighted by molar-refractivity contribution is 5.16. The van der Waals surface area contributed by atoms with Crippen LogP contribution in [0.3, 0.4) is 0 Å². The number of aliphatic hydroxyl groups is 2. The van der Waals surface area contributed by atoms with E-state index in [-0.39, 0.29) is 13.2 Å². The van der Waals surface area contributed by atoms with Crippen LogP contribution in [0.4, 0.5) is 0 Å². The maximum atomic E-state index is 8.57. The van der Waals surface area contributed by atoms with Gasteiger partial charge >= 0.3 is 0 Å². The molecule has 27 heavy (non-hydrogen) atoms. The van der Waals surface area contributed by atoms with Crippen LogP contribution in [0.2, 0.25) is 0 Å². The van der Waals surface area contributed by atoms with Crippen molar-refractivity contribution in [3.8, 4) is 0 Å². The van der Waals surface area contributed by atoms with Crippen molar-refractivity contribution >= 4 is 0 Å². The third kappa shape index (κ3) is 8.29. The average molecular weight is 392 g/mol. The first-order valence-corrected chi connectivity index (χ1v) is 9.92. The summed E-state index contributed by atoms with van der Waals surface area (Å²) in [5.74, 6) is 0. The van der Waals surface area contributed by atoms with Crippen LogP contribution in [0.1, 0.15) is 19.3 Å². The van der Waals surface area contributed by atoms with Crippen LogP contribution in [0.15, 0.2) is 0 Å². The highest BCUT2D eigenvalue weighted by Crippen LogP contribution is 2.73. The van der Waals surface area contributed by atoms with Gasteiger partial charge in [-0.3, -0.25) is 0 Å². The highest BCUT2D eigenvalue weighted by Gasteiger charge is 2.67. The number of rotatable bonds is 20. The Labute approximate surface area is 162 Å². The van der Waals surface area contributed by atoms with E-state index in [0.717, 1.165) is 13.2 Å². The van der Waals surface area contributed by atoms with Gasteiger partial charge < -0.3 is 38.6 Å². The number of ether oxygens (including phenoxy) is 6. The summed E-state index contributed by atoms with van der Waals surface area (Å²) in [6.45, 7) is 6.94. The van der Waals surface area contributed by atoms with Crippen molar-refractivity contribution in [1.82, 2.24) is 0 Å². The zero-order chi connectivity index (χ0) is 19.3. The van der Waals surface area contributed by atoms with Gasteiger partial charge in [-0.05, 0) is 30.1 Å². The molecule has 0 saturated heterocycles. The van der Waals surface area contributed by atoms with Crippen molar-refractivity contribution in [2.24, 2.45) is 10.8 Å². The number of hydrogen-bond donors (Lipinski definition) is 2. The van der Waals surface area contributed by atoms with Crippen LogP contribution in [0, 0.1) is 10.8 Å². The van der Waals surface area contributed by atoms with Crippen LogP contribution in [0.25, 0.3) is 0 Å². The fraction of sp³-hybridized carbons (Fsp3) is 1.00. The van der Waals surface area contributed by atoms with Gasteiger partial charge in [-0.15, -0.1) is 0 Å². The molecule has 160 valence electrons. The van der Waals surface area contributed by atoms with Gasteiger partial charge in [-0.1, -0.05) is 0 Å². The molecule has 0 aromatic carbocycles. The van der Waals surface area contributed by atoms with E-state index < -0.39 is 0 Å².